The highest BCUT2D eigenvalue weighted by atomic mass is 16.2. The highest BCUT2D eigenvalue weighted by Gasteiger charge is 2.50. The highest BCUT2D eigenvalue weighted by molar-refractivity contribution is 6.10. The number of nitrogens with one attached hydrogen (secondary N) is 1. The average molecular weight is 354 g/mol. The van der Waals surface area contributed by atoms with Crippen molar-refractivity contribution >= 4 is 23.4 Å². The summed E-state index contributed by atoms with van der Waals surface area (Å²) in [5.41, 5.74) is 1.87. The zero-order valence-corrected chi connectivity index (χ0v) is 15.8. The summed E-state index contributed by atoms with van der Waals surface area (Å²) in [6.07, 6.45) is 5.04. The van der Waals surface area contributed by atoms with Crippen molar-refractivity contribution in [1.82, 2.24) is 4.90 Å². The molecule has 5 heteroatoms. The molecule has 0 unspecified atom stereocenters. The van der Waals surface area contributed by atoms with Gasteiger partial charge < -0.3 is 5.32 Å². The van der Waals surface area contributed by atoms with Gasteiger partial charge in [0.1, 0.15) is 6.04 Å². The van der Waals surface area contributed by atoms with Crippen molar-refractivity contribution in [2.24, 2.45) is 11.8 Å². The standard InChI is InChI=1S/C21H26N2O3/c1-13(23-19(25)16-7-5-6-8-17(16)20(23)26)18(24)22-15-11-9-14(10-12-15)21(2,3)4/h5-6,9-13,16-17H,7-8H2,1-4H3,(H,22,24)/t13-,16-,17+/m0/s1. The molecule has 1 N–H and O–H groups in total. The Morgan fingerprint density at radius 1 is 1.04 bits per heavy atom. The first-order valence-corrected chi connectivity index (χ1v) is 9.13. The number of fused-ring (bicyclic) bond motifs is 1. The van der Waals surface area contributed by atoms with Gasteiger partial charge in [-0.05, 0) is 42.9 Å². The number of benzene rings is 1. The summed E-state index contributed by atoms with van der Waals surface area (Å²) in [4.78, 5) is 38.9. The number of nitrogens with zero attached hydrogens (tertiary/aromatic N) is 1. The van der Waals surface area contributed by atoms with Crippen molar-refractivity contribution < 1.29 is 14.4 Å². The van der Waals surface area contributed by atoms with Gasteiger partial charge >= 0.3 is 0 Å². The molecule has 2 aliphatic rings. The predicted octanol–water partition coefficient (Wildman–Crippen LogP) is 3.26. The van der Waals surface area contributed by atoms with Gasteiger partial charge in [-0.15, -0.1) is 0 Å². The van der Waals surface area contributed by atoms with Crippen LogP contribution in [-0.2, 0) is 19.8 Å². The number of carbonyl (C=O) groups excluding carboxylic acids is 3. The number of amides is 3. The fourth-order valence-electron chi connectivity index (χ4n) is 3.63. The predicted molar refractivity (Wildman–Crippen MR) is 100 cm³/mol. The van der Waals surface area contributed by atoms with E-state index in [2.05, 4.69) is 26.1 Å². The first-order chi connectivity index (χ1) is 12.2. The molecule has 26 heavy (non-hydrogen) atoms. The maximum Gasteiger partial charge on any atom is 0.247 e. The third kappa shape index (κ3) is 3.30. The van der Waals surface area contributed by atoms with Crippen molar-refractivity contribution in [2.75, 3.05) is 5.32 Å². The number of carbonyl (C=O) groups is 3. The van der Waals surface area contributed by atoms with E-state index in [0.717, 1.165) is 4.90 Å². The first-order valence-electron chi connectivity index (χ1n) is 9.13. The van der Waals surface area contributed by atoms with Crippen LogP contribution in [0.25, 0.3) is 0 Å². The van der Waals surface area contributed by atoms with Crippen LogP contribution in [0.4, 0.5) is 5.69 Å². The Labute approximate surface area is 154 Å². The van der Waals surface area contributed by atoms with Crippen LogP contribution < -0.4 is 5.32 Å². The third-order valence-electron chi connectivity index (χ3n) is 5.33. The van der Waals surface area contributed by atoms with Crippen molar-refractivity contribution in [3.63, 3.8) is 0 Å². The highest BCUT2D eigenvalue weighted by Crippen LogP contribution is 2.36. The fourth-order valence-corrected chi connectivity index (χ4v) is 3.63. The third-order valence-corrected chi connectivity index (χ3v) is 5.33. The summed E-state index contributed by atoms with van der Waals surface area (Å²) in [5.74, 6) is -1.42. The largest absolute Gasteiger partial charge is 0.324 e. The molecule has 0 saturated carbocycles. The van der Waals surface area contributed by atoms with Gasteiger partial charge in [-0.3, -0.25) is 19.3 Å². The molecule has 3 atom stereocenters. The van der Waals surface area contributed by atoms with Crippen LogP contribution in [0.5, 0.6) is 0 Å². The lowest BCUT2D eigenvalue weighted by molar-refractivity contribution is -0.146. The summed E-state index contributed by atoms with van der Waals surface area (Å²) in [6.45, 7) is 7.99. The van der Waals surface area contributed by atoms with E-state index in [-0.39, 0.29) is 35.0 Å². The lowest BCUT2D eigenvalue weighted by atomic mass is 9.85. The Morgan fingerprint density at radius 2 is 1.54 bits per heavy atom. The Kier molecular flexibility index (Phi) is 4.74. The maximum atomic E-state index is 12.6. The fraction of sp³-hybridized carbons (Fsp3) is 0.476. The van der Waals surface area contributed by atoms with Gasteiger partial charge in [0.15, 0.2) is 0 Å². The number of imide groups is 1. The van der Waals surface area contributed by atoms with Gasteiger partial charge in [0.2, 0.25) is 17.7 Å². The van der Waals surface area contributed by atoms with E-state index in [4.69, 9.17) is 0 Å². The number of anilines is 1. The lowest BCUT2D eigenvalue weighted by Crippen LogP contribution is -2.46. The zero-order chi connectivity index (χ0) is 19.1. The summed E-state index contributed by atoms with van der Waals surface area (Å²) >= 11 is 0. The van der Waals surface area contributed by atoms with Gasteiger partial charge in [-0.2, -0.15) is 0 Å². The number of hydrogen-bond donors (Lipinski definition) is 1. The molecule has 0 bridgehead atoms. The molecule has 1 aromatic rings. The maximum absolute atomic E-state index is 12.6. The summed E-state index contributed by atoms with van der Waals surface area (Å²) in [7, 11) is 0. The van der Waals surface area contributed by atoms with E-state index >= 15 is 0 Å². The normalized spacial score (nSPS) is 23.8. The van der Waals surface area contributed by atoms with E-state index in [1.165, 1.54) is 5.56 Å². The second-order valence-electron chi connectivity index (χ2n) is 8.19. The van der Waals surface area contributed by atoms with E-state index < -0.39 is 6.04 Å². The Balaban J connectivity index is 1.70. The van der Waals surface area contributed by atoms with Crippen molar-refractivity contribution in [1.29, 1.82) is 0 Å². The molecule has 1 saturated heterocycles. The van der Waals surface area contributed by atoms with E-state index in [1.54, 1.807) is 6.92 Å². The van der Waals surface area contributed by atoms with Crippen LogP contribution in [0.15, 0.2) is 36.4 Å². The monoisotopic (exact) mass is 354 g/mol. The topological polar surface area (TPSA) is 66.5 Å². The first kappa shape index (κ1) is 18.4. The molecule has 5 nitrogen and oxygen atoms in total. The molecule has 1 aliphatic heterocycles. The molecule has 1 fully saturated rings. The quantitative estimate of drug-likeness (QED) is 0.669. The Hall–Kier alpha value is -2.43. The molecule has 1 aliphatic carbocycles. The smallest absolute Gasteiger partial charge is 0.247 e. The molecule has 3 rings (SSSR count). The van der Waals surface area contributed by atoms with Crippen LogP contribution in [0.3, 0.4) is 0 Å². The molecule has 0 spiro atoms. The van der Waals surface area contributed by atoms with Crippen LogP contribution in [-0.4, -0.2) is 28.7 Å². The van der Waals surface area contributed by atoms with Gasteiger partial charge in [0.05, 0.1) is 11.8 Å². The van der Waals surface area contributed by atoms with Gasteiger partial charge in [0, 0.05) is 5.69 Å². The van der Waals surface area contributed by atoms with Crippen LogP contribution in [0.1, 0.15) is 46.1 Å². The number of likely N-dealkylation sites (tertiary alicyclic amines) is 1. The second-order valence-corrected chi connectivity index (χ2v) is 8.19. The molecule has 1 heterocycles. The molecular formula is C21H26N2O3. The zero-order valence-electron chi connectivity index (χ0n) is 15.8. The number of rotatable bonds is 3. The van der Waals surface area contributed by atoms with Crippen molar-refractivity contribution in [2.45, 2.75) is 52.0 Å². The van der Waals surface area contributed by atoms with Gasteiger partial charge in [0.25, 0.3) is 0 Å². The Bertz CT molecular complexity index is 732. The van der Waals surface area contributed by atoms with Crippen LogP contribution >= 0.6 is 0 Å². The molecule has 0 radical (unpaired) electrons. The number of hydrogen-bond acceptors (Lipinski definition) is 3. The van der Waals surface area contributed by atoms with E-state index in [9.17, 15) is 14.4 Å². The van der Waals surface area contributed by atoms with Crippen molar-refractivity contribution in [3.05, 3.63) is 42.0 Å². The summed E-state index contributed by atoms with van der Waals surface area (Å²) in [6, 6.07) is 6.84. The lowest BCUT2D eigenvalue weighted by Gasteiger charge is -2.23. The van der Waals surface area contributed by atoms with Crippen LogP contribution in [0, 0.1) is 11.8 Å². The SMILES string of the molecule is C[C@@H](C(=O)Nc1ccc(C(C)(C)C)cc1)N1C(=O)[C@H]2CC=CC[C@H]2C1=O. The van der Waals surface area contributed by atoms with E-state index in [1.807, 2.05) is 36.4 Å². The van der Waals surface area contributed by atoms with Gasteiger partial charge in [-0.25, -0.2) is 0 Å². The molecule has 1 aromatic carbocycles. The van der Waals surface area contributed by atoms with Crippen LogP contribution in [0.2, 0.25) is 0 Å². The minimum atomic E-state index is -0.817. The molecule has 3 amide bonds. The molecule has 138 valence electrons. The van der Waals surface area contributed by atoms with Crippen molar-refractivity contribution in [3.8, 4) is 0 Å². The minimum Gasteiger partial charge on any atom is -0.324 e. The second kappa shape index (κ2) is 6.71. The minimum absolute atomic E-state index is 0.0363. The molecule has 0 aromatic heterocycles. The Morgan fingerprint density at radius 3 is 2.00 bits per heavy atom. The number of allylic oxidation sites excluding steroid dienone is 2. The molecular weight excluding hydrogens is 328 g/mol. The van der Waals surface area contributed by atoms with E-state index in [0.29, 0.717) is 18.5 Å². The summed E-state index contributed by atoms with van der Waals surface area (Å²) in [5, 5.41) is 2.82. The average Bonchev–Trinajstić information content (AvgIpc) is 2.85. The summed E-state index contributed by atoms with van der Waals surface area (Å²) < 4.78 is 0. The van der Waals surface area contributed by atoms with Gasteiger partial charge in [-0.1, -0.05) is 45.1 Å².